The molecule has 0 unspecified atom stereocenters. The van der Waals surface area contributed by atoms with Crippen LogP contribution in [0, 0.1) is 6.92 Å². The fourth-order valence-electron chi connectivity index (χ4n) is 3.14. The highest BCUT2D eigenvalue weighted by atomic mass is 16.5. The van der Waals surface area contributed by atoms with Crippen LogP contribution in [0.3, 0.4) is 0 Å². The average Bonchev–Trinajstić information content (AvgIpc) is 3.06. The monoisotopic (exact) mass is 320 g/mol. The molecule has 0 amide bonds. The van der Waals surface area contributed by atoms with Gasteiger partial charge in [0, 0.05) is 19.3 Å². The Morgan fingerprint density at radius 2 is 2.12 bits per heavy atom. The molecule has 24 heavy (non-hydrogen) atoms. The highest BCUT2D eigenvalue weighted by Gasteiger charge is 2.13. The fraction of sp³-hybridized carbons (Fsp3) is 0.250. The van der Waals surface area contributed by atoms with Crippen molar-refractivity contribution in [1.82, 2.24) is 9.88 Å². The van der Waals surface area contributed by atoms with Crippen LogP contribution in [0.1, 0.15) is 17.5 Å². The maximum atomic E-state index is 5.99. The lowest BCUT2D eigenvalue weighted by Gasteiger charge is -2.23. The van der Waals surface area contributed by atoms with Crippen LogP contribution in [-0.2, 0) is 0 Å². The molecule has 0 saturated heterocycles. The lowest BCUT2D eigenvalue weighted by Crippen LogP contribution is -2.23. The van der Waals surface area contributed by atoms with Crippen LogP contribution in [-0.4, -0.2) is 30.0 Å². The summed E-state index contributed by atoms with van der Waals surface area (Å²) >= 11 is 0. The molecule has 0 radical (unpaired) electrons. The van der Waals surface area contributed by atoms with Gasteiger partial charge < -0.3 is 14.1 Å². The molecule has 0 aliphatic carbocycles. The predicted octanol–water partition coefficient (Wildman–Crippen LogP) is 4.65. The Morgan fingerprint density at radius 3 is 2.92 bits per heavy atom. The van der Waals surface area contributed by atoms with Gasteiger partial charge in [-0.25, -0.2) is 4.98 Å². The van der Waals surface area contributed by atoms with E-state index in [1.54, 1.807) is 12.5 Å². The normalized spacial score (nSPS) is 15.5. The van der Waals surface area contributed by atoms with Gasteiger partial charge in [0.15, 0.2) is 0 Å². The van der Waals surface area contributed by atoms with Gasteiger partial charge in [0.1, 0.15) is 11.3 Å². The van der Waals surface area contributed by atoms with E-state index < -0.39 is 0 Å². The highest BCUT2D eigenvalue weighted by Crippen LogP contribution is 2.31. The van der Waals surface area contributed by atoms with Crippen molar-refractivity contribution in [2.24, 2.45) is 0 Å². The summed E-state index contributed by atoms with van der Waals surface area (Å²) in [4.78, 5) is 6.65. The van der Waals surface area contributed by atoms with Crippen molar-refractivity contribution in [3.63, 3.8) is 0 Å². The Balaban J connectivity index is 1.61. The molecule has 0 N–H and O–H groups in total. The number of benzene rings is 1. The fourth-order valence-corrected chi connectivity index (χ4v) is 3.14. The summed E-state index contributed by atoms with van der Waals surface area (Å²) in [6.07, 6.45) is 6.76. The molecule has 1 aliphatic rings. The summed E-state index contributed by atoms with van der Waals surface area (Å²) in [6, 6.07) is 9.96. The number of nitrogens with zero attached hydrogens (tertiary/aromatic N) is 2. The number of hydrogen-bond acceptors (Lipinski definition) is 4. The lowest BCUT2D eigenvalue weighted by atomic mass is 9.95. The van der Waals surface area contributed by atoms with Crippen molar-refractivity contribution in [3.05, 3.63) is 60.0 Å². The van der Waals surface area contributed by atoms with E-state index in [0.29, 0.717) is 5.88 Å². The number of aryl methyl sites for hydroxylation is 1. The smallest absolute Gasteiger partial charge is 0.230 e. The second-order valence-electron chi connectivity index (χ2n) is 6.27. The second-order valence-corrected chi connectivity index (χ2v) is 6.27. The molecule has 1 aliphatic heterocycles. The van der Waals surface area contributed by atoms with Gasteiger partial charge >= 0.3 is 0 Å². The first-order valence-electron chi connectivity index (χ1n) is 8.19. The molecule has 0 bridgehead atoms. The summed E-state index contributed by atoms with van der Waals surface area (Å²) in [5.74, 6) is 1.37. The molecule has 0 saturated carbocycles. The van der Waals surface area contributed by atoms with Crippen LogP contribution in [0.25, 0.3) is 16.5 Å². The van der Waals surface area contributed by atoms with Gasteiger partial charge in [0.05, 0.1) is 11.6 Å². The summed E-state index contributed by atoms with van der Waals surface area (Å²) in [7, 11) is 2.15. The molecular formula is C20H20N2O2. The van der Waals surface area contributed by atoms with E-state index in [2.05, 4.69) is 42.1 Å². The molecule has 1 aromatic carbocycles. The zero-order valence-electron chi connectivity index (χ0n) is 14.0. The van der Waals surface area contributed by atoms with E-state index in [9.17, 15) is 0 Å². The Kier molecular flexibility index (Phi) is 3.82. The maximum Gasteiger partial charge on any atom is 0.230 e. The Morgan fingerprint density at radius 1 is 1.21 bits per heavy atom. The number of aromatic nitrogens is 1. The van der Waals surface area contributed by atoms with Gasteiger partial charge in [0.2, 0.25) is 5.88 Å². The Hall–Kier alpha value is -2.59. The molecule has 0 fully saturated rings. The summed E-state index contributed by atoms with van der Waals surface area (Å²) in [5, 5.41) is 0.886. The van der Waals surface area contributed by atoms with Crippen molar-refractivity contribution >= 4 is 16.5 Å². The first kappa shape index (κ1) is 15.0. The largest absolute Gasteiger partial charge is 0.464 e. The minimum absolute atomic E-state index is 0.576. The van der Waals surface area contributed by atoms with Gasteiger partial charge in [0.25, 0.3) is 0 Å². The van der Waals surface area contributed by atoms with Crippen molar-refractivity contribution in [2.45, 2.75) is 13.3 Å². The quantitative estimate of drug-likeness (QED) is 0.704. The highest BCUT2D eigenvalue weighted by molar-refractivity contribution is 5.82. The molecular weight excluding hydrogens is 300 g/mol. The van der Waals surface area contributed by atoms with Crippen molar-refractivity contribution in [3.8, 4) is 11.6 Å². The third-order valence-corrected chi connectivity index (χ3v) is 4.51. The molecule has 0 atom stereocenters. The van der Waals surface area contributed by atoms with Crippen LogP contribution in [0.2, 0.25) is 0 Å². The lowest BCUT2D eigenvalue weighted by molar-refractivity contribution is 0.370. The summed E-state index contributed by atoms with van der Waals surface area (Å²) in [5.41, 5.74) is 4.74. The van der Waals surface area contributed by atoms with Crippen LogP contribution < -0.4 is 4.74 Å². The van der Waals surface area contributed by atoms with Crippen molar-refractivity contribution < 1.29 is 9.15 Å². The van der Waals surface area contributed by atoms with E-state index in [0.717, 1.165) is 36.2 Å². The van der Waals surface area contributed by atoms with E-state index in [1.807, 2.05) is 18.2 Å². The molecule has 4 rings (SSSR count). The van der Waals surface area contributed by atoms with E-state index >= 15 is 0 Å². The van der Waals surface area contributed by atoms with Crippen LogP contribution >= 0.6 is 0 Å². The second kappa shape index (κ2) is 6.13. The Bertz CT molecular complexity index is 911. The van der Waals surface area contributed by atoms with E-state index in [-0.39, 0.29) is 0 Å². The number of likely N-dealkylation sites (N-methyl/N-ethyl adjacent to an activating group) is 1. The zero-order valence-corrected chi connectivity index (χ0v) is 14.0. The molecule has 3 aromatic rings. The minimum Gasteiger partial charge on any atom is -0.464 e. The third-order valence-electron chi connectivity index (χ3n) is 4.51. The Labute approximate surface area is 141 Å². The number of fused-ring (bicyclic) bond motifs is 1. The van der Waals surface area contributed by atoms with E-state index in [1.165, 1.54) is 16.7 Å². The van der Waals surface area contributed by atoms with Crippen molar-refractivity contribution in [1.29, 1.82) is 0 Å². The molecule has 3 heterocycles. The van der Waals surface area contributed by atoms with Gasteiger partial charge in [-0.1, -0.05) is 12.1 Å². The molecule has 4 nitrogen and oxygen atoms in total. The number of hydrogen-bond donors (Lipinski definition) is 0. The summed E-state index contributed by atoms with van der Waals surface area (Å²) < 4.78 is 11.4. The van der Waals surface area contributed by atoms with E-state index in [4.69, 9.17) is 9.15 Å². The molecule has 4 heteroatoms. The van der Waals surface area contributed by atoms with Gasteiger partial charge in [-0.05, 0) is 61.4 Å². The predicted molar refractivity (Wildman–Crippen MR) is 95.4 cm³/mol. The minimum atomic E-state index is 0.576. The first-order chi connectivity index (χ1) is 11.7. The first-order valence-corrected chi connectivity index (χ1v) is 8.19. The topological polar surface area (TPSA) is 38.5 Å². The number of ether oxygens (including phenoxy) is 1. The van der Waals surface area contributed by atoms with Crippen LogP contribution in [0.15, 0.2) is 53.3 Å². The van der Waals surface area contributed by atoms with Crippen LogP contribution in [0.5, 0.6) is 11.6 Å². The molecule has 122 valence electrons. The van der Waals surface area contributed by atoms with Crippen LogP contribution in [0.4, 0.5) is 0 Å². The number of pyridine rings is 1. The number of rotatable bonds is 3. The average molecular weight is 320 g/mol. The summed E-state index contributed by atoms with van der Waals surface area (Å²) in [6.45, 7) is 4.25. The zero-order chi connectivity index (χ0) is 16.5. The third kappa shape index (κ3) is 2.81. The van der Waals surface area contributed by atoms with Gasteiger partial charge in [-0.15, -0.1) is 0 Å². The SMILES string of the molecule is Cc1cc(Oc2nccc3occc23)ccc1C1=CCN(C)CC1. The van der Waals surface area contributed by atoms with Crippen molar-refractivity contribution in [2.75, 3.05) is 20.1 Å². The maximum absolute atomic E-state index is 5.99. The standard InChI is InChI=1S/C20H20N2O2/c1-14-13-16(3-4-17(14)15-6-10-22(2)11-7-15)24-20-18-8-12-23-19(18)5-9-21-20/h3-6,8-9,12-13H,7,10-11H2,1-2H3. The molecule has 2 aromatic heterocycles. The van der Waals surface area contributed by atoms with Gasteiger partial charge in [-0.2, -0.15) is 0 Å². The number of furan rings is 1. The van der Waals surface area contributed by atoms with Gasteiger partial charge in [-0.3, -0.25) is 0 Å². The molecule has 0 spiro atoms.